The Morgan fingerprint density at radius 3 is 2.64 bits per heavy atom. The summed E-state index contributed by atoms with van der Waals surface area (Å²) in [7, 11) is -7.22. The van der Waals surface area contributed by atoms with E-state index in [2.05, 4.69) is 20.4 Å². The predicted molar refractivity (Wildman–Crippen MR) is 76.2 cm³/mol. The van der Waals surface area contributed by atoms with Crippen LogP contribution in [0.2, 0.25) is 0 Å². The van der Waals surface area contributed by atoms with Crippen LogP contribution in [-0.2, 0) is 19.9 Å². The molecule has 0 spiro atoms. The molecule has 1 fully saturated rings. The average molecular weight is 345 g/mol. The molecule has 1 aliphatic rings. The minimum Gasteiger partial charge on any atom is -0.284 e. The molecule has 0 bridgehead atoms. The van der Waals surface area contributed by atoms with Gasteiger partial charge in [-0.2, -0.15) is 14.5 Å². The second kappa shape index (κ2) is 5.18. The molecule has 0 saturated carbocycles. The molecule has 0 unspecified atom stereocenters. The Kier molecular flexibility index (Phi) is 3.57. The van der Waals surface area contributed by atoms with Crippen LogP contribution < -0.4 is 0 Å². The quantitative estimate of drug-likeness (QED) is 0.806. The van der Waals surface area contributed by atoms with Crippen LogP contribution in [0, 0.1) is 0 Å². The summed E-state index contributed by atoms with van der Waals surface area (Å²) < 4.78 is 50.2. The molecule has 0 amide bonds. The van der Waals surface area contributed by atoms with Gasteiger partial charge in [0, 0.05) is 19.0 Å². The van der Waals surface area contributed by atoms with Gasteiger partial charge in [0.25, 0.3) is 0 Å². The fraction of sp³-hybridized carbons (Fsp3) is 0.455. The second-order valence-electron chi connectivity index (χ2n) is 5.13. The molecule has 0 aliphatic carbocycles. The highest BCUT2D eigenvalue weighted by molar-refractivity contribution is 7.90. The van der Waals surface area contributed by atoms with Crippen molar-refractivity contribution in [1.29, 1.82) is 0 Å². The van der Waals surface area contributed by atoms with E-state index in [1.54, 1.807) is 0 Å². The molecule has 11 heteroatoms. The van der Waals surface area contributed by atoms with Crippen LogP contribution in [0.3, 0.4) is 0 Å². The number of nitrogens with one attached hydrogen (secondary N) is 2. The van der Waals surface area contributed by atoms with Gasteiger partial charge in [-0.05, 0) is 12.8 Å². The highest BCUT2D eigenvalue weighted by Gasteiger charge is 2.39. The number of aromatic amines is 2. The molecule has 9 nitrogen and oxygen atoms in total. The monoisotopic (exact) mass is 345 g/mol. The maximum absolute atomic E-state index is 12.6. The molecule has 1 atom stereocenters. The SMILES string of the molecule is CS(=O)(=O)c1cn[nH]c1[C@H]1CCCN1S(=O)(=O)c1cn[nH]c1. The van der Waals surface area contributed by atoms with Crippen LogP contribution >= 0.6 is 0 Å². The number of nitrogens with zero attached hydrogens (tertiary/aromatic N) is 3. The van der Waals surface area contributed by atoms with E-state index < -0.39 is 25.9 Å². The van der Waals surface area contributed by atoms with E-state index >= 15 is 0 Å². The summed E-state index contributed by atoms with van der Waals surface area (Å²) in [5.74, 6) is 0. The fourth-order valence-corrected chi connectivity index (χ4v) is 5.05. The van der Waals surface area contributed by atoms with Gasteiger partial charge >= 0.3 is 0 Å². The van der Waals surface area contributed by atoms with E-state index in [4.69, 9.17) is 0 Å². The van der Waals surface area contributed by atoms with E-state index in [-0.39, 0.29) is 9.79 Å². The standard InChI is InChI=1S/C11H15N5O4S2/c1-21(17,18)10-7-14-15-11(10)9-3-2-4-16(9)22(19,20)8-5-12-13-6-8/h5-7,9H,2-4H2,1H3,(H,12,13)(H,14,15)/t9-/m1/s1. The number of rotatable bonds is 4. The Labute approximate surface area is 127 Å². The van der Waals surface area contributed by atoms with Crippen LogP contribution in [-0.4, -0.2) is 54.3 Å². The number of hydrogen-bond donors (Lipinski definition) is 2. The van der Waals surface area contributed by atoms with Crippen molar-refractivity contribution in [2.24, 2.45) is 0 Å². The Bertz CT molecular complexity index is 869. The summed E-state index contributed by atoms with van der Waals surface area (Å²) in [5.41, 5.74) is 0.312. The van der Waals surface area contributed by atoms with Gasteiger partial charge in [0.2, 0.25) is 10.0 Å². The number of H-pyrrole nitrogens is 2. The third-order valence-corrected chi connectivity index (χ3v) is 6.65. The molecule has 0 aromatic carbocycles. The Morgan fingerprint density at radius 1 is 1.23 bits per heavy atom. The van der Waals surface area contributed by atoms with Gasteiger partial charge in [0.1, 0.15) is 9.79 Å². The van der Waals surface area contributed by atoms with Crippen LogP contribution in [0.4, 0.5) is 0 Å². The summed E-state index contributed by atoms with van der Waals surface area (Å²) in [4.78, 5) is 0.0895. The molecule has 2 aromatic heterocycles. The van der Waals surface area contributed by atoms with Crippen molar-refractivity contribution in [3.8, 4) is 0 Å². The van der Waals surface area contributed by atoms with E-state index in [1.807, 2.05) is 0 Å². The van der Waals surface area contributed by atoms with Gasteiger partial charge < -0.3 is 0 Å². The summed E-state index contributed by atoms with van der Waals surface area (Å²) in [6, 6.07) is -0.577. The zero-order valence-electron chi connectivity index (χ0n) is 11.7. The lowest BCUT2D eigenvalue weighted by molar-refractivity contribution is 0.386. The zero-order valence-corrected chi connectivity index (χ0v) is 13.4. The van der Waals surface area contributed by atoms with Crippen LogP contribution in [0.15, 0.2) is 28.4 Å². The molecule has 22 heavy (non-hydrogen) atoms. The third-order valence-electron chi connectivity index (χ3n) is 3.65. The average Bonchev–Trinajstić information content (AvgIpc) is 3.18. The minimum absolute atomic E-state index is 0.0341. The van der Waals surface area contributed by atoms with Gasteiger partial charge in [0.15, 0.2) is 9.84 Å². The van der Waals surface area contributed by atoms with Crippen molar-refractivity contribution in [2.45, 2.75) is 28.7 Å². The first-order valence-electron chi connectivity index (χ1n) is 6.56. The van der Waals surface area contributed by atoms with Crippen molar-refractivity contribution in [1.82, 2.24) is 24.7 Å². The first-order chi connectivity index (χ1) is 10.3. The Hall–Kier alpha value is -1.72. The molecule has 1 saturated heterocycles. The molecular weight excluding hydrogens is 330 g/mol. The van der Waals surface area contributed by atoms with Gasteiger partial charge in [-0.3, -0.25) is 10.2 Å². The molecule has 3 rings (SSSR count). The van der Waals surface area contributed by atoms with Crippen molar-refractivity contribution >= 4 is 19.9 Å². The lowest BCUT2D eigenvalue weighted by atomic mass is 10.2. The maximum Gasteiger partial charge on any atom is 0.246 e. The molecule has 3 heterocycles. The lowest BCUT2D eigenvalue weighted by Gasteiger charge is -2.23. The molecular formula is C11H15N5O4S2. The van der Waals surface area contributed by atoms with Crippen LogP contribution in [0.5, 0.6) is 0 Å². The first-order valence-corrected chi connectivity index (χ1v) is 9.89. The zero-order chi connectivity index (χ0) is 16.0. The van der Waals surface area contributed by atoms with Gasteiger partial charge in [-0.25, -0.2) is 16.8 Å². The first kappa shape index (κ1) is 15.2. The maximum atomic E-state index is 12.6. The van der Waals surface area contributed by atoms with E-state index in [0.29, 0.717) is 25.1 Å². The molecule has 120 valence electrons. The molecule has 0 radical (unpaired) electrons. The normalized spacial score (nSPS) is 20.5. The van der Waals surface area contributed by atoms with Gasteiger partial charge in [-0.15, -0.1) is 0 Å². The summed E-state index contributed by atoms with van der Waals surface area (Å²) in [6.07, 6.45) is 5.99. The van der Waals surface area contributed by atoms with Gasteiger partial charge in [0.05, 0.1) is 24.1 Å². The fourth-order valence-electron chi connectivity index (χ4n) is 2.65. The van der Waals surface area contributed by atoms with Crippen molar-refractivity contribution < 1.29 is 16.8 Å². The summed E-state index contributed by atoms with van der Waals surface area (Å²) in [6.45, 7) is 0.320. The number of sulfonamides is 1. The summed E-state index contributed by atoms with van der Waals surface area (Å²) in [5, 5.41) is 12.5. The molecule has 2 N–H and O–H groups in total. The predicted octanol–water partition coefficient (Wildman–Crippen LogP) is 0.0621. The van der Waals surface area contributed by atoms with Crippen LogP contribution in [0.25, 0.3) is 0 Å². The van der Waals surface area contributed by atoms with E-state index in [0.717, 1.165) is 6.26 Å². The van der Waals surface area contributed by atoms with Crippen LogP contribution in [0.1, 0.15) is 24.6 Å². The third kappa shape index (κ3) is 2.44. The van der Waals surface area contributed by atoms with Crippen molar-refractivity contribution in [2.75, 3.05) is 12.8 Å². The Morgan fingerprint density at radius 2 is 2.00 bits per heavy atom. The van der Waals surface area contributed by atoms with E-state index in [1.165, 1.54) is 22.9 Å². The molecule has 2 aromatic rings. The van der Waals surface area contributed by atoms with Gasteiger partial charge in [-0.1, -0.05) is 0 Å². The largest absolute Gasteiger partial charge is 0.284 e. The molecule has 1 aliphatic heterocycles. The second-order valence-corrected chi connectivity index (χ2v) is 9.00. The Balaban J connectivity index is 2.04. The highest BCUT2D eigenvalue weighted by atomic mass is 32.2. The van der Waals surface area contributed by atoms with Crippen molar-refractivity contribution in [3.63, 3.8) is 0 Å². The minimum atomic E-state index is -3.74. The topological polar surface area (TPSA) is 129 Å². The van der Waals surface area contributed by atoms with E-state index in [9.17, 15) is 16.8 Å². The highest BCUT2D eigenvalue weighted by Crippen LogP contribution is 2.37. The number of aromatic nitrogens is 4. The smallest absolute Gasteiger partial charge is 0.246 e. The van der Waals surface area contributed by atoms with Crippen molar-refractivity contribution in [3.05, 3.63) is 24.3 Å². The summed E-state index contributed by atoms with van der Waals surface area (Å²) >= 11 is 0. The number of hydrogen-bond acceptors (Lipinski definition) is 6. The lowest BCUT2D eigenvalue weighted by Crippen LogP contribution is -2.31. The number of sulfone groups is 1.